The maximum Gasteiger partial charge on any atom is 0.414 e. The molecule has 0 radical (unpaired) electrons. The predicted molar refractivity (Wildman–Crippen MR) is 84.4 cm³/mol. The Morgan fingerprint density at radius 3 is 2.52 bits per heavy atom. The number of carboxylic acid groups (broad SMARTS) is 2. The largest absolute Gasteiger partial charge is 0.473 e. The van der Waals surface area contributed by atoms with E-state index in [2.05, 4.69) is 34.6 Å². The van der Waals surface area contributed by atoms with E-state index in [9.17, 15) is 0 Å². The minimum Gasteiger partial charge on any atom is -0.473 e. The zero-order valence-electron chi connectivity index (χ0n) is 12.8. The molecule has 0 spiro atoms. The smallest absolute Gasteiger partial charge is 0.414 e. The lowest BCUT2D eigenvalue weighted by molar-refractivity contribution is -0.159. The van der Waals surface area contributed by atoms with E-state index in [4.69, 9.17) is 24.5 Å². The highest BCUT2D eigenvalue weighted by Gasteiger charge is 2.35. The number of methoxy groups -OCH3 is 1. The molecule has 1 atom stereocenters. The van der Waals surface area contributed by atoms with Gasteiger partial charge in [-0.3, -0.25) is 0 Å². The van der Waals surface area contributed by atoms with Crippen LogP contribution in [0.15, 0.2) is 30.5 Å². The summed E-state index contributed by atoms with van der Waals surface area (Å²) >= 11 is 0. The molecule has 0 amide bonds. The Morgan fingerprint density at radius 1 is 1.22 bits per heavy atom. The molecule has 0 saturated carbocycles. The standard InChI is InChI=1S/C14H18N2O.C2H2O4/c1-17-14(7-3-8-15-10-14)12-4-2-5-13-11(12)6-9-16-13;3-1(4)2(5)6/h2,4-6,9,15-16H,3,7-8,10H2,1H3;(H,3,4)(H,5,6). The SMILES string of the molecule is COC1(c2cccc3[nH]ccc23)CCCNC1.O=C(O)C(=O)O. The lowest BCUT2D eigenvalue weighted by Crippen LogP contribution is -2.44. The summed E-state index contributed by atoms with van der Waals surface area (Å²) in [6, 6.07) is 8.54. The van der Waals surface area contributed by atoms with Gasteiger partial charge < -0.3 is 25.3 Å². The van der Waals surface area contributed by atoms with E-state index in [0.717, 1.165) is 25.9 Å². The second kappa shape index (κ2) is 7.26. The summed E-state index contributed by atoms with van der Waals surface area (Å²) in [5, 5.41) is 19.5. The molecule has 1 aromatic carbocycles. The van der Waals surface area contributed by atoms with Crippen molar-refractivity contribution in [2.45, 2.75) is 18.4 Å². The minimum atomic E-state index is -1.82. The molecule has 7 heteroatoms. The van der Waals surface area contributed by atoms with Crippen LogP contribution >= 0.6 is 0 Å². The number of nitrogens with one attached hydrogen (secondary N) is 2. The lowest BCUT2D eigenvalue weighted by atomic mass is 9.84. The van der Waals surface area contributed by atoms with Crippen molar-refractivity contribution in [1.29, 1.82) is 0 Å². The van der Waals surface area contributed by atoms with Crippen molar-refractivity contribution >= 4 is 22.8 Å². The maximum atomic E-state index is 9.10. The normalized spacial score (nSPS) is 20.6. The molecular weight excluding hydrogens is 300 g/mol. The van der Waals surface area contributed by atoms with Gasteiger partial charge >= 0.3 is 11.9 Å². The van der Waals surface area contributed by atoms with Crippen LogP contribution in [0, 0.1) is 0 Å². The summed E-state index contributed by atoms with van der Waals surface area (Å²) in [5.41, 5.74) is 2.32. The van der Waals surface area contributed by atoms with Gasteiger partial charge in [0.2, 0.25) is 0 Å². The maximum absolute atomic E-state index is 9.10. The molecule has 7 nitrogen and oxygen atoms in total. The number of H-pyrrole nitrogens is 1. The number of aliphatic carboxylic acids is 2. The summed E-state index contributed by atoms with van der Waals surface area (Å²) in [5.74, 6) is -3.65. The summed E-state index contributed by atoms with van der Waals surface area (Å²) < 4.78 is 5.87. The summed E-state index contributed by atoms with van der Waals surface area (Å²) in [7, 11) is 1.82. The average Bonchev–Trinajstić information content (AvgIpc) is 3.04. The number of carboxylic acids is 2. The van der Waals surface area contributed by atoms with Crippen molar-refractivity contribution in [1.82, 2.24) is 10.3 Å². The van der Waals surface area contributed by atoms with E-state index in [1.165, 1.54) is 16.5 Å². The average molecular weight is 320 g/mol. The van der Waals surface area contributed by atoms with Crippen LogP contribution in [0.25, 0.3) is 10.9 Å². The van der Waals surface area contributed by atoms with Crippen molar-refractivity contribution in [3.63, 3.8) is 0 Å². The van der Waals surface area contributed by atoms with Crippen LogP contribution in [0.5, 0.6) is 0 Å². The number of fused-ring (bicyclic) bond motifs is 1. The van der Waals surface area contributed by atoms with Gasteiger partial charge in [0.05, 0.1) is 0 Å². The third-order valence-electron chi connectivity index (χ3n) is 4.00. The fraction of sp³-hybridized carbons (Fsp3) is 0.375. The molecule has 1 aliphatic heterocycles. The number of benzene rings is 1. The first-order valence-corrected chi connectivity index (χ1v) is 7.29. The van der Waals surface area contributed by atoms with Gasteiger partial charge in [0, 0.05) is 30.8 Å². The highest BCUT2D eigenvalue weighted by Crippen LogP contribution is 2.36. The zero-order chi connectivity index (χ0) is 16.9. The fourth-order valence-corrected chi connectivity index (χ4v) is 2.87. The van der Waals surface area contributed by atoms with Crippen LogP contribution < -0.4 is 5.32 Å². The Morgan fingerprint density at radius 2 is 1.96 bits per heavy atom. The summed E-state index contributed by atoms with van der Waals surface area (Å²) in [6.45, 7) is 1.99. The van der Waals surface area contributed by atoms with Gasteiger partial charge in [-0.2, -0.15) is 0 Å². The number of aromatic nitrogens is 1. The third kappa shape index (κ3) is 3.69. The van der Waals surface area contributed by atoms with Crippen LogP contribution in [-0.2, 0) is 19.9 Å². The molecular formula is C16H20N2O5. The van der Waals surface area contributed by atoms with Gasteiger partial charge in [-0.25, -0.2) is 9.59 Å². The molecule has 1 unspecified atom stereocenters. The second-order valence-electron chi connectivity index (χ2n) is 5.33. The summed E-state index contributed by atoms with van der Waals surface area (Å²) in [4.78, 5) is 21.5. The van der Waals surface area contributed by atoms with Crippen molar-refractivity contribution in [2.75, 3.05) is 20.2 Å². The Bertz CT molecular complexity index is 677. The van der Waals surface area contributed by atoms with Gasteiger partial charge in [0.15, 0.2) is 0 Å². The molecule has 1 aliphatic rings. The van der Waals surface area contributed by atoms with E-state index < -0.39 is 11.9 Å². The van der Waals surface area contributed by atoms with Crippen molar-refractivity contribution in [3.05, 3.63) is 36.0 Å². The van der Waals surface area contributed by atoms with E-state index in [1.807, 2.05) is 13.3 Å². The van der Waals surface area contributed by atoms with Gasteiger partial charge in [-0.1, -0.05) is 12.1 Å². The Kier molecular flexibility index (Phi) is 5.36. The van der Waals surface area contributed by atoms with E-state index in [-0.39, 0.29) is 5.60 Å². The first-order chi connectivity index (χ1) is 11.0. The number of hydrogen-bond donors (Lipinski definition) is 4. The Balaban J connectivity index is 0.000000277. The highest BCUT2D eigenvalue weighted by atomic mass is 16.5. The zero-order valence-corrected chi connectivity index (χ0v) is 12.8. The van der Waals surface area contributed by atoms with Crippen molar-refractivity contribution in [2.24, 2.45) is 0 Å². The van der Waals surface area contributed by atoms with E-state index in [1.54, 1.807) is 0 Å². The molecule has 4 N–H and O–H groups in total. The molecule has 124 valence electrons. The van der Waals surface area contributed by atoms with Crippen molar-refractivity contribution in [3.8, 4) is 0 Å². The molecule has 2 aromatic rings. The molecule has 1 aromatic heterocycles. The van der Waals surface area contributed by atoms with Crippen LogP contribution in [0.3, 0.4) is 0 Å². The third-order valence-corrected chi connectivity index (χ3v) is 4.00. The quantitative estimate of drug-likeness (QED) is 0.625. The van der Waals surface area contributed by atoms with Crippen LogP contribution in [-0.4, -0.2) is 47.3 Å². The summed E-state index contributed by atoms with van der Waals surface area (Å²) in [6.07, 6.45) is 4.24. The Hall–Kier alpha value is -2.38. The molecule has 3 rings (SSSR count). The topological polar surface area (TPSA) is 112 Å². The first kappa shape index (κ1) is 17.0. The van der Waals surface area contributed by atoms with Gasteiger partial charge in [0.25, 0.3) is 0 Å². The number of carbonyl (C=O) groups is 2. The molecule has 0 aliphatic carbocycles. The minimum absolute atomic E-state index is 0.167. The highest BCUT2D eigenvalue weighted by molar-refractivity contribution is 6.27. The molecule has 1 saturated heterocycles. The van der Waals surface area contributed by atoms with Gasteiger partial charge in [0.1, 0.15) is 5.60 Å². The molecule has 23 heavy (non-hydrogen) atoms. The van der Waals surface area contributed by atoms with Gasteiger partial charge in [-0.05, 0) is 37.1 Å². The molecule has 2 heterocycles. The number of rotatable bonds is 2. The van der Waals surface area contributed by atoms with Crippen LogP contribution in [0.1, 0.15) is 18.4 Å². The predicted octanol–water partition coefficient (Wildman–Crippen LogP) is 1.55. The van der Waals surface area contributed by atoms with Crippen LogP contribution in [0.2, 0.25) is 0 Å². The molecule has 0 bridgehead atoms. The first-order valence-electron chi connectivity index (χ1n) is 7.29. The number of hydrogen-bond acceptors (Lipinski definition) is 4. The Labute approximate surface area is 133 Å². The molecule has 1 fully saturated rings. The van der Waals surface area contributed by atoms with Crippen LogP contribution in [0.4, 0.5) is 0 Å². The van der Waals surface area contributed by atoms with E-state index in [0.29, 0.717) is 0 Å². The monoisotopic (exact) mass is 320 g/mol. The second-order valence-corrected chi connectivity index (χ2v) is 5.33. The van der Waals surface area contributed by atoms with Crippen molar-refractivity contribution < 1.29 is 24.5 Å². The lowest BCUT2D eigenvalue weighted by Gasteiger charge is -2.37. The number of aromatic amines is 1. The number of piperidine rings is 1. The van der Waals surface area contributed by atoms with E-state index >= 15 is 0 Å². The number of ether oxygens (including phenoxy) is 1. The van der Waals surface area contributed by atoms with Gasteiger partial charge in [-0.15, -0.1) is 0 Å². The fourth-order valence-electron chi connectivity index (χ4n) is 2.87.